The van der Waals surface area contributed by atoms with Crippen molar-refractivity contribution in [1.82, 2.24) is 14.9 Å². The number of halogens is 1. The van der Waals surface area contributed by atoms with Gasteiger partial charge >= 0.3 is 0 Å². The highest BCUT2D eigenvalue weighted by Crippen LogP contribution is 2.23. The van der Waals surface area contributed by atoms with Crippen LogP contribution in [0.2, 0.25) is 0 Å². The maximum atomic E-state index is 13.1. The van der Waals surface area contributed by atoms with Crippen molar-refractivity contribution in [3.05, 3.63) is 84.7 Å². The van der Waals surface area contributed by atoms with Crippen LogP contribution in [0.3, 0.4) is 0 Å². The summed E-state index contributed by atoms with van der Waals surface area (Å²) in [5, 5.41) is 19.5. The number of aromatic nitrogens is 3. The van der Waals surface area contributed by atoms with Gasteiger partial charge in [0.25, 0.3) is 0 Å². The summed E-state index contributed by atoms with van der Waals surface area (Å²) in [6, 6.07) is 22.2. The molecule has 1 heterocycles. The first-order chi connectivity index (χ1) is 15.6. The van der Waals surface area contributed by atoms with Gasteiger partial charge in [-0.05, 0) is 60.7 Å². The first-order valence-electron chi connectivity index (χ1n) is 9.54. The Bertz CT molecular complexity index is 1230. The Labute approximate surface area is 187 Å². The molecule has 0 aliphatic carbocycles. The zero-order chi connectivity index (χ0) is 22.3. The number of nitrogen functional groups attached to an aromatic ring is 1. The second-order valence-corrected chi connectivity index (χ2v) is 7.54. The van der Waals surface area contributed by atoms with Crippen LogP contribution >= 0.6 is 11.8 Å². The van der Waals surface area contributed by atoms with Crippen LogP contribution in [-0.2, 0) is 4.79 Å². The number of azo groups is 1. The van der Waals surface area contributed by atoms with E-state index in [-0.39, 0.29) is 17.5 Å². The molecule has 0 spiro atoms. The van der Waals surface area contributed by atoms with Crippen LogP contribution in [0.25, 0.3) is 11.4 Å². The lowest BCUT2D eigenvalue weighted by Crippen LogP contribution is -2.16. The second-order valence-electron chi connectivity index (χ2n) is 6.60. The number of anilines is 1. The number of benzene rings is 3. The van der Waals surface area contributed by atoms with Gasteiger partial charge in [0.15, 0.2) is 5.82 Å². The van der Waals surface area contributed by atoms with Crippen molar-refractivity contribution >= 4 is 34.7 Å². The predicted molar refractivity (Wildman–Crippen MR) is 122 cm³/mol. The molecule has 0 aliphatic heterocycles. The van der Waals surface area contributed by atoms with E-state index < -0.39 is 0 Å². The summed E-state index contributed by atoms with van der Waals surface area (Å²) >= 11 is 1.15. The molecule has 10 heteroatoms. The predicted octanol–water partition coefficient (Wildman–Crippen LogP) is 4.94. The molecule has 1 aromatic heterocycles. The van der Waals surface area contributed by atoms with Crippen LogP contribution in [0, 0.1) is 5.82 Å². The van der Waals surface area contributed by atoms with Crippen LogP contribution in [0.5, 0.6) is 0 Å². The van der Waals surface area contributed by atoms with E-state index in [1.54, 1.807) is 36.4 Å². The number of nitrogens with two attached hydrogens (primary N) is 1. The van der Waals surface area contributed by atoms with Crippen molar-refractivity contribution < 1.29 is 9.18 Å². The molecule has 0 bridgehead atoms. The quantitative estimate of drug-likeness (QED) is 0.237. The van der Waals surface area contributed by atoms with Crippen LogP contribution in [-0.4, -0.2) is 26.5 Å². The molecule has 0 atom stereocenters. The SMILES string of the molecule is Nn1c(SCC(=O)Nc2ccc(N=Nc3ccccc3)cc2)nnc1-c1ccc(F)cc1. The van der Waals surface area contributed by atoms with Crippen LogP contribution in [0.15, 0.2) is 94.2 Å². The lowest BCUT2D eigenvalue weighted by molar-refractivity contribution is -0.113. The summed E-state index contributed by atoms with van der Waals surface area (Å²) in [6.45, 7) is 0. The number of nitrogens with zero attached hydrogens (tertiary/aromatic N) is 5. The van der Waals surface area contributed by atoms with Gasteiger partial charge in [-0.2, -0.15) is 10.2 Å². The summed E-state index contributed by atoms with van der Waals surface area (Å²) in [6.07, 6.45) is 0. The third-order valence-electron chi connectivity index (χ3n) is 4.29. The molecule has 32 heavy (non-hydrogen) atoms. The van der Waals surface area contributed by atoms with Crippen molar-refractivity contribution in [2.75, 3.05) is 16.9 Å². The lowest BCUT2D eigenvalue weighted by atomic mass is 10.2. The summed E-state index contributed by atoms with van der Waals surface area (Å²) in [4.78, 5) is 12.3. The van der Waals surface area contributed by atoms with Gasteiger partial charge in [0.2, 0.25) is 11.1 Å². The molecule has 0 aliphatic rings. The number of nitrogens with one attached hydrogen (secondary N) is 1. The molecule has 0 saturated carbocycles. The molecule has 160 valence electrons. The first kappa shape index (κ1) is 21.2. The monoisotopic (exact) mass is 447 g/mol. The van der Waals surface area contributed by atoms with Gasteiger partial charge in [-0.25, -0.2) is 9.07 Å². The minimum absolute atomic E-state index is 0.0915. The molecular formula is C22H18FN7OS. The van der Waals surface area contributed by atoms with E-state index in [4.69, 9.17) is 5.84 Å². The fourth-order valence-corrected chi connectivity index (χ4v) is 3.38. The molecule has 1 amide bonds. The molecule has 0 radical (unpaired) electrons. The van der Waals surface area contributed by atoms with Gasteiger partial charge < -0.3 is 11.2 Å². The third-order valence-corrected chi connectivity index (χ3v) is 5.23. The van der Waals surface area contributed by atoms with E-state index >= 15 is 0 Å². The Morgan fingerprint density at radius 2 is 1.59 bits per heavy atom. The Morgan fingerprint density at radius 1 is 0.938 bits per heavy atom. The summed E-state index contributed by atoms with van der Waals surface area (Å²) in [7, 11) is 0. The molecule has 3 N–H and O–H groups in total. The average Bonchev–Trinajstić information content (AvgIpc) is 3.18. The van der Waals surface area contributed by atoms with E-state index in [9.17, 15) is 9.18 Å². The van der Waals surface area contributed by atoms with Gasteiger partial charge in [-0.3, -0.25) is 4.79 Å². The van der Waals surface area contributed by atoms with Crippen LogP contribution in [0.1, 0.15) is 0 Å². The molecule has 4 rings (SSSR count). The Balaban J connectivity index is 1.31. The number of carbonyl (C=O) groups excluding carboxylic acids is 1. The first-order valence-corrected chi connectivity index (χ1v) is 10.5. The van der Waals surface area contributed by atoms with E-state index in [0.717, 1.165) is 17.4 Å². The summed E-state index contributed by atoms with van der Waals surface area (Å²) < 4.78 is 14.4. The van der Waals surface area contributed by atoms with Crippen molar-refractivity contribution in [1.29, 1.82) is 0 Å². The topological polar surface area (TPSA) is 111 Å². The fraction of sp³-hybridized carbons (Fsp3) is 0.0455. The van der Waals surface area contributed by atoms with Gasteiger partial charge in [0.1, 0.15) is 5.82 Å². The molecule has 0 unspecified atom stereocenters. The van der Waals surface area contributed by atoms with Crippen molar-refractivity contribution in [3.63, 3.8) is 0 Å². The van der Waals surface area contributed by atoms with Gasteiger partial charge in [0.05, 0.1) is 17.1 Å². The maximum Gasteiger partial charge on any atom is 0.234 e. The highest BCUT2D eigenvalue weighted by molar-refractivity contribution is 7.99. The number of thioether (sulfide) groups is 1. The summed E-state index contributed by atoms with van der Waals surface area (Å²) in [5.74, 6) is 5.93. The van der Waals surface area contributed by atoms with Crippen molar-refractivity contribution in [2.45, 2.75) is 5.16 Å². The maximum absolute atomic E-state index is 13.1. The van der Waals surface area contributed by atoms with Gasteiger partial charge in [-0.15, -0.1) is 10.2 Å². The number of rotatable bonds is 7. The number of amides is 1. The number of carbonyl (C=O) groups is 1. The largest absolute Gasteiger partial charge is 0.335 e. The molecule has 3 aromatic carbocycles. The van der Waals surface area contributed by atoms with Gasteiger partial charge in [0, 0.05) is 11.3 Å². The van der Waals surface area contributed by atoms with Crippen LogP contribution < -0.4 is 11.2 Å². The molecule has 0 fully saturated rings. The minimum Gasteiger partial charge on any atom is -0.335 e. The van der Waals surface area contributed by atoms with Crippen molar-refractivity contribution in [3.8, 4) is 11.4 Å². The Morgan fingerprint density at radius 3 is 2.28 bits per heavy atom. The molecular weight excluding hydrogens is 429 g/mol. The zero-order valence-corrected chi connectivity index (χ0v) is 17.5. The standard InChI is InChI=1S/C22H18FN7OS/c23-16-8-6-15(7-9-16)21-28-29-22(30(21)24)32-14-20(31)25-17-10-12-19(13-11-17)27-26-18-4-2-1-3-5-18/h1-13H,14,24H2,(H,25,31). The summed E-state index contributed by atoms with van der Waals surface area (Å²) in [5.41, 5.74) is 2.70. The molecule has 4 aromatic rings. The fourth-order valence-electron chi connectivity index (χ4n) is 2.72. The van der Waals surface area contributed by atoms with E-state index in [1.807, 2.05) is 30.3 Å². The third kappa shape index (κ3) is 5.35. The van der Waals surface area contributed by atoms with Gasteiger partial charge in [-0.1, -0.05) is 30.0 Å². The second kappa shape index (κ2) is 9.84. The number of hydrogen-bond donors (Lipinski definition) is 2. The highest BCUT2D eigenvalue weighted by Gasteiger charge is 2.14. The van der Waals surface area contributed by atoms with E-state index in [2.05, 4.69) is 25.7 Å². The van der Waals surface area contributed by atoms with E-state index in [1.165, 1.54) is 16.8 Å². The minimum atomic E-state index is -0.351. The van der Waals surface area contributed by atoms with Crippen LogP contribution in [0.4, 0.5) is 21.5 Å². The normalized spacial score (nSPS) is 11.0. The molecule has 8 nitrogen and oxygen atoms in total. The molecule has 0 saturated heterocycles. The van der Waals surface area contributed by atoms with Crippen molar-refractivity contribution in [2.24, 2.45) is 10.2 Å². The smallest absolute Gasteiger partial charge is 0.234 e. The zero-order valence-electron chi connectivity index (χ0n) is 16.7. The Kier molecular flexibility index (Phi) is 6.52. The van der Waals surface area contributed by atoms with E-state index in [0.29, 0.717) is 27.9 Å². The lowest BCUT2D eigenvalue weighted by Gasteiger charge is -2.06. The Hall–Kier alpha value is -4.05. The highest BCUT2D eigenvalue weighted by atomic mass is 32.2. The average molecular weight is 447 g/mol. The number of hydrogen-bond acceptors (Lipinski definition) is 7.